The Bertz CT molecular complexity index is 276. The van der Waals surface area contributed by atoms with Crippen molar-refractivity contribution >= 4 is 11.9 Å². The normalized spacial score (nSPS) is 21.3. The molecular weight excluding hydrogens is 245 g/mol. The molecule has 0 aromatic heterocycles. The highest BCUT2D eigenvalue weighted by Gasteiger charge is 2.38. The summed E-state index contributed by atoms with van der Waals surface area (Å²) in [6, 6.07) is -0.750. The van der Waals surface area contributed by atoms with Crippen LogP contribution in [-0.4, -0.2) is 47.0 Å². The minimum atomic E-state index is -5.08. The summed E-state index contributed by atoms with van der Waals surface area (Å²) in [5.74, 6) is -3.67. The van der Waals surface area contributed by atoms with Crippen LogP contribution in [0.15, 0.2) is 0 Å². The molecule has 1 heterocycles. The Morgan fingerprint density at radius 1 is 1.35 bits per heavy atom. The molecule has 0 bridgehead atoms. The van der Waals surface area contributed by atoms with Crippen molar-refractivity contribution in [3.63, 3.8) is 0 Å². The van der Waals surface area contributed by atoms with Crippen LogP contribution in [-0.2, 0) is 9.59 Å². The van der Waals surface area contributed by atoms with Gasteiger partial charge in [-0.3, -0.25) is 4.79 Å². The summed E-state index contributed by atoms with van der Waals surface area (Å²) in [5.41, 5.74) is 5.36. The van der Waals surface area contributed by atoms with E-state index in [9.17, 15) is 18.0 Å². The highest BCUT2D eigenvalue weighted by molar-refractivity contribution is 5.74. The number of hydrogen-bond donors (Lipinski definition) is 4. The van der Waals surface area contributed by atoms with E-state index >= 15 is 0 Å². The zero-order valence-corrected chi connectivity index (χ0v) is 8.70. The van der Waals surface area contributed by atoms with Crippen molar-refractivity contribution in [1.29, 1.82) is 0 Å². The first-order chi connectivity index (χ1) is 7.66. The summed E-state index contributed by atoms with van der Waals surface area (Å²) >= 11 is 0. The van der Waals surface area contributed by atoms with Crippen LogP contribution in [0.4, 0.5) is 13.2 Å². The molecule has 2 atom stereocenters. The molecule has 9 heteroatoms. The van der Waals surface area contributed by atoms with Crippen LogP contribution in [0, 0.1) is 0 Å². The van der Waals surface area contributed by atoms with Gasteiger partial charge in [0.25, 0.3) is 0 Å². The van der Waals surface area contributed by atoms with Gasteiger partial charge >= 0.3 is 18.1 Å². The van der Waals surface area contributed by atoms with Crippen LogP contribution in [0.3, 0.4) is 0 Å². The minimum Gasteiger partial charge on any atom is -0.480 e. The van der Waals surface area contributed by atoms with Crippen LogP contribution in [0.1, 0.15) is 12.8 Å². The Morgan fingerprint density at radius 2 is 1.82 bits per heavy atom. The van der Waals surface area contributed by atoms with Crippen molar-refractivity contribution in [3.8, 4) is 0 Å². The lowest BCUT2D eigenvalue weighted by Gasteiger charge is -2.13. The van der Waals surface area contributed by atoms with Gasteiger partial charge in [0.05, 0.1) is 0 Å². The lowest BCUT2D eigenvalue weighted by molar-refractivity contribution is -0.192. The average molecular weight is 258 g/mol. The van der Waals surface area contributed by atoms with E-state index in [0.717, 1.165) is 19.4 Å². The van der Waals surface area contributed by atoms with Gasteiger partial charge in [-0.1, -0.05) is 0 Å². The molecule has 6 nitrogen and oxygen atoms in total. The number of nitrogens with one attached hydrogen (secondary N) is 1. The minimum absolute atomic E-state index is 0.0162. The first kappa shape index (κ1) is 15.7. The van der Waals surface area contributed by atoms with Gasteiger partial charge < -0.3 is 21.3 Å². The number of carbonyl (C=O) groups is 2. The second-order valence-electron chi connectivity index (χ2n) is 3.37. The average Bonchev–Trinajstić information content (AvgIpc) is 2.68. The third-order valence-electron chi connectivity index (χ3n) is 2.06. The molecule has 0 unspecified atom stereocenters. The van der Waals surface area contributed by atoms with E-state index in [4.69, 9.17) is 20.7 Å². The van der Waals surface area contributed by atoms with Gasteiger partial charge in [-0.15, -0.1) is 0 Å². The molecule has 0 aromatic rings. The Morgan fingerprint density at radius 3 is 2.06 bits per heavy atom. The van der Waals surface area contributed by atoms with Crippen LogP contribution in [0.5, 0.6) is 0 Å². The molecular formula is C8H13F3N2O4. The van der Waals surface area contributed by atoms with Crippen LogP contribution < -0.4 is 11.1 Å². The molecule has 0 radical (unpaired) electrons. The molecule has 1 aliphatic heterocycles. The second kappa shape index (κ2) is 6.40. The molecule has 0 spiro atoms. The molecule has 0 aliphatic carbocycles. The summed E-state index contributed by atoms with van der Waals surface area (Å²) in [6.07, 6.45) is -3.17. The number of carboxylic acid groups (broad SMARTS) is 2. The maximum absolute atomic E-state index is 10.6. The van der Waals surface area contributed by atoms with Crippen molar-refractivity contribution < 1.29 is 33.0 Å². The van der Waals surface area contributed by atoms with Gasteiger partial charge in [-0.05, 0) is 19.4 Å². The molecule has 1 rings (SSSR count). The van der Waals surface area contributed by atoms with Crippen molar-refractivity contribution in [2.75, 3.05) is 6.54 Å². The summed E-state index contributed by atoms with van der Waals surface area (Å²) in [6.45, 7) is 0.894. The fourth-order valence-electron chi connectivity index (χ4n) is 1.19. The summed E-state index contributed by atoms with van der Waals surface area (Å²) < 4.78 is 31.7. The quantitative estimate of drug-likeness (QED) is 0.545. The van der Waals surface area contributed by atoms with E-state index < -0.39 is 24.2 Å². The number of alkyl halides is 3. The third-order valence-corrected chi connectivity index (χ3v) is 2.06. The fourth-order valence-corrected chi connectivity index (χ4v) is 1.19. The molecule has 5 N–H and O–H groups in total. The van der Waals surface area contributed by atoms with Gasteiger partial charge in [-0.25, -0.2) is 4.79 Å². The standard InChI is InChI=1S/C6H12N2O2.C2HF3O2/c7-5(6(9)10)4-2-1-3-8-4;3-2(4,5)1(6)7/h4-5,8H,1-3,7H2,(H,9,10);(H,6,7)/t4-,5-;/m1./s1. The second-order valence-corrected chi connectivity index (χ2v) is 3.37. The van der Waals surface area contributed by atoms with Crippen LogP contribution >= 0.6 is 0 Å². The molecule has 1 saturated heterocycles. The SMILES string of the molecule is N[C@@H](C(=O)O)[C@H]1CCCN1.O=C(O)C(F)(F)F. The van der Waals surface area contributed by atoms with Gasteiger partial charge in [0.15, 0.2) is 0 Å². The molecule has 0 saturated carbocycles. The number of rotatable bonds is 2. The Balaban J connectivity index is 0.000000325. The van der Waals surface area contributed by atoms with E-state index in [1.54, 1.807) is 0 Å². The number of hydrogen-bond acceptors (Lipinski definition) is 4. The van der Waals surface area contributed by atoms with E-state index in [0.29, 0.717) is 0 Å². The van der Waals surface area contributed by atoms with E-state index in [1.807, 2.05) is 0 Å². The monoisotopic (exact) mass is 258 g/mol. The maximum Gasteiger partial charge on any atom is 0.490 e. The van der Waals surface area contributed by atoms with Crippen molar-refractivity contribution in [2.45, 2.75) is 31.1 Å². The Labute approximate surface area is 94.6 Å². The first-order valence-electron chi connectivity index (χ1n) is 4.68. The Kier molecular flexibility index (Phi) is 5.89. The summed E-state index contributed by atoms with van der Waals surface area (Å²) in [5, 5.41) is 18.6. The fraction of sp³-hybridized carbons (Fsp3) is 0.750. The highest BCUT2D eigenvalue weighted by atomic mass is 19.4. The van der Waals surface area contributed by atoms with Gasteiger partial charge in [0.1, 0.15) is 6.04 Å². The number of halogens is 3. The predicted molar refractivity (Wildman–Crippen MR) is 50.3 cm³/mol. The summed E-state index contributed by atoms with van der Waals surface area (Å²) in [4.78, 5) is 19.2. The zero-order valence-electron chi connectivity index (χ0n) is 8.70. The maximum atomic E-state index is 10.6. The number of carboxylic acids is 2. The van der Waals surface area contributed by atoms with Crippen molar-refractivity contribution in [3.05, 3.63) is 0 Å². The number of aliphatic carboxylic acids is 2. The lowest BCUT2D eigenvalue weighted by atomic mass is 10.1. The van der Waals surface area contributed by atoms with E-state index in [-0.39, 0.29) is 6.04 Å². The molecule has 1 fully saturated rings. The third kappa shape index (κ3) is 6.07. The molecule has 0 aromatic carbocycles. The molecule has 1 aliphatic rings. The largest absolute Gasteiger partial charge is 0.490 e. The van der Waals surface area contributed by atoms with E-state index in [2.05, 4.69) is 5.32 Å². The molecule has 0 amide bonds. The van der Waals surface area contributed by atoms with E-state index in [1.165, 1.54) is 0 Å². The molecule has 100 valence electrons. The lowest BCUT2D eigenvalue weighted by Crippen LogP contribution is -2.46. The smallest absolute Gasteiger partial charge is 0.480 e. The van der Waals surface area contributed by atoms with Crippen molar-refractivity contribution in [1.82, 2.24) is 5.32 Å². The number of nitrogens with two attached hydrogens (primary N) is 1. The van der Waals surface area contributed by atoms with Crippen molar-refractivity contribution in [2.24, 2.45) is 5.73 Å². The van der Waals surface area contributed by atoms with Crippen LogP contribution in [0.25, 0.3) is 0 Å². The Hall–Kier alpha value is -1.35. The highest BCUT2D eigenvalue weighted by Crippen LogP contribution is 2.13. The topological polar surface area (TPSA) is 113 Å². The van der Waals surface area contributed by atoms with Gasteiger partial charge in [0, 0.05) is 6.04 Å². The van der Waals surface area contributed by atoms with Crippen LogP contribution in [0.2, 0.25) is 0 Å². The zero-order chi connectivity index (χ0) is 13.6. The summed E-state index contributed by atoms with van der Waals surface area (Å²) in [7, 11) is 0. The first-order valence-corrected chi connectivity index (χ1v) is 4.68. The van der Waals surface area contributed by atoms with Gasteiger partial charge in [-0.2, -0.15) is 13.2 Å². The predicted octanol–water partition coefficient (Wildman–Crippen LogP) is -0.216. The molecule has 17 heavy (non-hydrogen) atoms. The van der Waals surface area contributed by atoms with Gasteiger partial charge in [0.2, 0.25) is 0 Å².